The van der Waals surface area contributed by atoms with Crippen LogP contribution in [-0.4, -0.2) is 62.0 Å². The third-order valence-electron chi connectivity index (χ3n) is 7.71. The van der Waals surface area contributed by atoms with Gasteiger partial charge in [-0.05, 0) is 76.8 Å². The maximum atomic E-state index is 12.1. The number of benzene rings is 1. The summed E-state index contributed by atoms with van der Waals surface area (Å²) in [7, 11) is -1.87. The minimum atomic E-state index is -3.47. The number of hydrogen-bond donors (Lipinski definition) is 3. The van der Waals surface area contributed by atoms with E-state index in [4.69, 9.17) is 0 Å². The summed E-state index contributed by atoms with van der Waals surface area (Å²) in [6.45, 7) is 10.00. The molecule has 0 spiro atoms. The fourth-order valence-electron chi connectivity index (χ4n) is 4.63. The first-order valence-corrected chi connectivity index (χ1v) is 16.6. The average molecular weight is 603 g/mol. The van der Waals surface area contributed by atoms with Crippen LogP contribution in [0.5, 0.6) is 0 Å². The number of carbonyl (C=O) groups is 3. The van der Waals surface area contributed by atoms with Crippen molar-refractivity contribution in [1.82, 2.24) is 14.9 Å². The van der Waals surface area contributed by atoms with Gasteiger partial charge in [0, 0.05) is 25.2 Å². The van der Waals surface area contributed by atoms with Crippen molar-refractivity contribution in [1.29, 1.82) is 0 Å². The normalized spacial score (nSPS) is 21.6. The Labute approximate surface area is 252 Å². The van der Waals surface area contributed by atoms with Gasteiger partial charge in [-0.2, -0.15) is 0 Å². The van der Waals surface area contributed by atoms with Gasteiger partial charge in [0.05, 0.1) is 11.3 Å². The van der Waals surface area contributed by atoms with E-state index >= 15 is 0 Å². The van der Waals surface area contributed by atoms with E-state index < -0.39 is 14.8 Å². The van der Waals surface area contributed by atoms with Gasteiger partial charge in [-0.15, -0.1) is 6.58 Å². The monoisotopic (exact) mass is 602 g/mol. The van der Waals surface area contributed by atoms with Gasteiger partial charge < -0.3 is 15.5 Å². The first kappa shape index (κ1) is 35.1. The molecule has 2 unspecified atom stereocenters. The minimum absolute atomic E-state index is 0.0325. The van der Waals surface area contributed by atoms with Crippen LogP contribution in [0, 0.1) is 11.8 Å². The molecule has 234 valence electrons. The quantitative estimate of drug-likeness (QED) is 0.234. The molecule has 0 bridgehead atoms. The number of nitrogens with one attached hydrogen (secondary N) is 3. The van der Waals surface area contributed by atoms with Gasteiger partial charge in [-0.1, -0.05) is 56.2 Å². The standard InChI is InChI=1S/C15H25NO3S.C14H19N3O2.C3H6/c1-3-4-5-6-7-8-12-11-13(12)14(17)16-20(18,19)15(2)9-10-15;1-15-14(19)12-8-5-9-17(12)13(18)10-16-11-6-3-2-4-7-11;1-3-2/h7-8,12-13H,3-6,9-11H2,1-2H3,(H,16,17);2-4,6-7,12,16H,5,8-10H2,1H3,(H,15,19);3H,1H2,2H3/b8-7-;;/t12?,13-;;/m0../s1. The SMILES string of the molecule is C=CC.CCCCC/C=C\C1C[C@@H]1C(=O)NS(=O)(=O)C1(C)CC1.CNC(=O)C1CCCN1C(=O)CNc1ccccc1. The Kier molecular flexibility index (Phi) is 14.3. The van der Waals surface area contributed by atoms with Gasteiger partial charge >= 0.3 is 0 Å². The topological polar surface area (TPSA) is 125 Å². The zero-order valence-electron chi connectivity index (χ0n) is 25.7. The first-order chi connectivity index (χ1) is 20.0. The largest absolute Gasteiger partial charge is 0.376 e. The predicted molar refractivity (Wildman–Crippen MR) is 169 cm³/mol. The summed E-state index contributed by atoms with van der Waals surface area (Å²) in [5.74, 6) is -0.338. The highest BCUT2D eigenvalue weighted by molar-refractivity contribution is 7.91. The van der Waals surface area contributed by atoms with E-state index in [0.29, 0.717) is 19.4 Å². The minimum Gasteiger partial charge on any atom is -0.376 e. The molecule has 2 aliphatic carbocycles. The number of likely N-dealkylation sites (N-methyl/N-ethyl adjacent to an activating group) is 1. The summed E-state index contributed by atoms with van der Waals surface area (Å²) in [5.41, 5.74) is 0.909. The van der Waals surface area contributed by atoms with Gasteiger partial charge in [-0.25, -0.2) is 8.42 Å². The molecule has 3 fully saturated rings. The Hall–Kier alpha value is -3.14. The summed E-state index contributed by atoms with van der Waals surface area (Å²) < 4.78 is 25.4. The summed E-state index contributed by atoms with van der Waals surface area (Å²) in [6, 6.07) is 9.26. The van der Waals surface area contributed by atoms with Crippen LogP contribution in [0.4, 0.5) is 5.69 Å². The van der Waals surface area contributed by atoms with E-state index in [1.165, 1.54) is 19.3 Å². The lowest BCUT2D eigenvalue weighted by Gasteiger charge is -2.23. The summed E-state index contributed by atoms with van der Waals surface area (Å²) in [5, 5.41) is 5.69. The number of anilines is 1. The van der Waals surface area contributed by atoms with Crippen LogP contribution >= 0.6 is 0 Å². The lowest BCUT2D eigenvalue weighted by atomic mass is 10.2. The van der Waals surface area contributed by atoms with Crippen LogP contribution in [0.25, 0.3) is 0 Å². The van der Waals surface area contributed by atoms with Gasteiger partial charge in [0.25, 0.3) is 0 Å². The molecule has 0 radical (unpaired) electrons. The van der Waals surface area contributed by atoms with Gasteiger partial charge in [-0.3, -0.25) is 19.1 Å². The zero-order chi connectivity index (χ0) is 31.2. The lowest BCUT2D eigenvalue weighted by Crippen LogP contribution is -2.46. The molecule has 42 heavy (non-hydrogen) atoms. The zero-order valence-corrected chi connectivity index (χ0v) is 26.5. The lowest BCUT2D eigenvalue weighted by molar-refractivity contribution is -0.136. The number of likely N-dealkylation sites (tertiary alicyclic amines) is 1. The molecule has 10 heteroatoms. The molecule has 1 aromatic rings. The van der Waals surface area contributed by atoms with Crippen molar-refractivity contribution in [2.24, 2.45) is 11.8 Å². The maximum absolute atomic E-state index is 12.1. The first-order valence-electron chi connectivity index (χ1n) is 15.1. The number of sulfonamides is 1. The summed E-state index contributed by atoms with van der Waals surface area (Å²) in [6.07, 6.45) is 14.3. The molecule has 3 aliphatic rings. The highest BCUT2D eigenvalue weighted by atomic mass is 32.2. The van der Waals surface area contributed by atoms with Crippen molar-refractivity contribution >= 4 is 33.4 Å². The van der Waals surface area contributed by atoms with E-state index in [1.54, 1.807) is 24.9 Å². The number of unbranched alkanes of at least 4 members (excludes halogenated alkanes) is 3. The molecule has 1 heterocycles. The number of carbonyl (C=O) groups excluding carboxylic acids is 3. The predicted octanol–water partition coefficient (Wildman–Crippen LogP) is 4.79. The summed E-state index contributed by atoms with van der Waals surface area (Å²) >= 11 is 0. The number of rotatable bonds is 12. The maximum Gasteiger partial charge on any atom is 0.242 e. The second-order valence-electron chi connectivity index (χ2n) is 11.3. The third kappa shape index (κ3) is 10.9. The molecular weight excluding hydrogens is 552 g/mol. The van der Waals surface area contributed by atoms with Crippen molar-refractivity contribution in [3.8, 4) is 0 Å². The van der Waals surface area contributed by atoms with Crippen LogP contribution in [-0.2, 0) is 24.4 Å². The van der Waals surface area contributed by atoms with Crippen LogP contribution in [0.15, 0.2) is 55.1 Å². The molecule has 1 aromatic carbocycles. The van der Waals surface area contributed by atoms with Crippen molar-refractivity contribution in [3.63, 3.8) is 0 Å². The number of amides is 3. The van der Waals surface area contributed by atoms with E-state index in [9.17, 15) is 22.8 Å². The fourth-order valence-corrected chi connectivity index (χ4v) is 5.93. The Morgan fingerprint density at radius 1 is 1.12 bits per heavy atom. The Bertz CT molecular complexity index is 1160. The Morgan fingerprint density at radius 3 is 2.38 bits per heavy atom. The fraction of sp³-hybridized carbons (Fsp3) is 0.594. The molecule has 0 aromatic heterocycles. The van der Waals surface area contributed by atoms with Gasteiger partial charge in [0.15, 0.2) is 0 Å². The van der Waals surface area contributed by atoms with Crippen molar-refractivity contribution in [3.05, 3.63) is 55.1 Å². The highest BCUT2D eigenvalue weighted by Gasteiger charge is 2.52. The number of allylic oxidation sites excluding steroid dienone is 3. The highest BCUT2D eigenvalue weighted by Crippen LogP contribution is 2.44. The average Bonchev–Trinajstić information content (AvgIpc) is 3.88. The molecule has 1 saturated heterocycles. The molecule has 4 rings (SSSR count). The molecule has 3 N–H and O–H groups in total. The van der Waals surface area contributed by atoms with Crippen molar-refractivity contribution in [2.75, 3.05) is 25.5 Å². The van der Waals surface area contributed by atoms with Crippen molar-refractivity contribution in [2.45, 2.75) is 89.3 Å². The number of hydrogen-bond acceptors (Lipinski definition) is 6. The second kappa shape index (κ2) is 17.1. The Balaban J connectivity index is 0.000000269. The van der Waals surface area contributed by atoms with Crippen molar-refractivity contribution < 1.29 is 22.8 Å². The number of nitrogens with zero attached hydrogens (tertiary/aromatic N) is 1. The number of para-hydroxylation sites is 1. The Morgan fingerprint density at radius 2 is 1.79 bits per heavy atom. The van der Waals surface area contributed by atoms with E-state index in [1.807, 2.05) is 37.3 Å². The van der Waals surface area contributed by atoms with E-state index in [2.05, 4.69) is 41.0 Å². The third-order valence-corrected chi connectivity index (χ3v) is 9.89. The molecular formula is C32H50N4O5S. The summed E-state index contributed by atoms with van der Waals surface area (Å²) in [4.78, 5) is 37.4. The van der Waals surface area contributed by atoms with Crippen LogP contribution in [0.1, 0.15) is 78.6 Å². The van der Waals surface area contributed by atoms with E-state index in [-0.39, 0.29) is 42.1 Å². The van der Waals surface area contributed by atoms with Crippen LogP contribution < -0.4 is 15.4 Å². The molecule has 3 atom stereocenters. The second-order valence-corrected chi connectivity index (χ2v) is 13.5. The van der Waals surface area contributed by atoms with E-state index in [0.717, 1.165) is 31.4 Å². The molecule has 1 aliphatic heterocycles. The van der Waals surface area contributed by atoms with Crippen LogP contribution in [0.2, 0.25) is 0 Å². The van der Waals surface area contributed by atoms with Gasteiger partial charge in [0.1, 0.15) is 6.04 Å². The van der Waals surface area contributed by atoms with Gasteiger partial charge in [0.2, 0.25) is 27.7 Å². The molecule has 3 amide bonds. The molecule has 2 saturated carbocycles. The van der Waals surface area contributed by atoms with Crippen LogP contribution in [0.3, 0.4) is 0 Å². The smallest absolute Gasteiger partial charge is 0.242 e. The molecule has 9 nitrogen and oxygen atoms in total.